The minimum absolute atomic E-state index is 0.182. The SMILES string of the molecule is CCOC(=O)C1=C(C)NC(=O)N[C@@H]1c1ccc(OCC(=O)N/N=C\c2ccc(OCc3ccc(Br)cc3)c(OC)c2)c(OC)c1. The number of urea groups is 1. The first-order valence-electron chi connectivity index (χ1n) is 13.9. The van der Waals surface area contributed by atoms with Gasteiger partial charge in [0.1, 0.15) is 6.61 Å². The summed E-state index contributed by atoms with van der Waals surface area (Å²) in [6.45, 7) is 3.53. The number of esters is 1. The van der Waals surface area contributed by atoms with Crippen molar-refractivity contribution >= 4 is 40.1 Å². The summed E-state index contributed by atoms with van der Waals surface area (Å²) in [5.41, 5.74) is 5.33. The minimum atomic E-state index is -0.774. The predicted molar refractivity (Wildman–Crippen MR) is 169 cm³/mol. The molecule has 3 N–H and O–H groups in total. The summed E-state index contributed by atoms with van der Waals surface area (Å²) < 4.78 is 28.6. The van der Waals surface area contributed by atoms with E-state index in [4.69, 9.17) is 23.7 Å². The van der Waals surface area contributed by atoms with E-state index in [1.165, 1.54) is 13.3 Å². The van der Waals surface area contributed by atoms with E-state index in [1.54, 1.807) is 57.4 Å². The molecule has 236 valence electrons. The molecule has 0 spiro atoms. The molecule has 3 aromatic rings. The van der Waals surface area contributed by atoms with Crippen molar-refractivity contribution in [1.29, 1.82) is 0 Å². The Labute approximate surface area is 268 Å². The fraction of sp³-hybridized carbons (Fsp3) is 0.250. The first-order valence-corrected chi connectivity index (χ1v) is 14.6. The predicted octanol–water partition coefficient (Wildman–Crippen LogP) is 4.77. The number of carbonyl (C=O) groups is 3. The van der Waals surface area contributed by atoms with Crippen LogP contribution in [0.4, 0.5) is 4.79 Å². The van der Waals surface area contributed by atoms with Gasteiger partial charge in [-0.15, -0.1) is 0 Å². The highest BCUT2D eigenvalue weighted by Crippen LogP contribution is 2.34. The molecule has 12 nitrogen and oxygen atoms in total. The smallest absolute Gasteiger partial charge is 0.338 e. The maximum absolute atomic E-state index is 12.6. The van der Waals surface area contributed by atoms with Gasteiger partial charge in [-0.1, -0.05) is 34.1 Å². The van der Waals surface area contributed by atoms with Gasteiger partial charge in [-0.2, -0.15) is 5.10 Å². The van der Waals surface area contributed by atoms with Gasteiger partial charge < -0.3 is 34.3 Å². The van der Waals surface area contributed by atoms with Crippen LogP contribution in [-0.2, 0) is 20.9 Å². The van der Waals surface area contributed by atoms with E-state index in [1.807, 2.05) is 24.3 Å². The van der Waals surface area contributed by atoms with Crippen LogP contribution in [0, 0.1) is 0 Å². The van der Waals surface area contributed by atoms with Crippen molar-refractivity contribution in [1.82, 2.24) is 16.1 Å². The number of rotatable bonds is 13. The van der Waals surface area contributed by atoms with Crippen LogP contribution in [0.3, 0.4) is 0 Å². The molecule has 0 aromatic heterocycles. The summed E-state index contributed by atoms with van der Waals surface area (Å²) in [6, 6.07) is 16.8. The monoisotopic (exact) mass is 680 g/mol. The zero-order valence-electron chi connectivity index (χ0n) is 25.1. The van der Waals surface area contributed by atoms with Crippen LogP contribution in [0.15, 0.2) is 81.5 Å². The number of allylic oxidation sites excluding steroid dienone is 1. The Bertz CT molecular complexity index is 1610. The molecule has 1 heterocycles. The minimum Gasteiger partial charge on any atom is -0.493 e. The summed E-state index contributed by atoms with van der Waals surface area (Å²) in [5, 5.41) is 9.33. The van der Waals surface area contributed by atoms with Crippen LogP contribution in [0.25, 0.3) is 0 Å². The van der Waals surface area contributed by atoms with Gasteiger partial charge in [0.15, 0.2) is 29.6 Å². The third kappa shape index (κ3) is 8.76. The van der Waals surface area contributed by atoms with Crippen molar-refractivity contribution in [2.75, 3.05) is 27.4 Å². The quantitative estimate of drug-likeness (QED) is 0.133. The Kier molecular flexibility index (Phi) is 11.4. The lowest BCUT2D eigenvalue weighted by molar-refractivity contribution is -0.139. The molecule has 3 amide bonds. The van der Waals surface area contributed by atoms with E-state index in [9.17, 15) is 14.4 Å². The van der Waals surface area contributed by atoms with Gasteiger partial charge >= 0.3 is 12.0 Å². The number of benzene rings is 3. The van der Waals surface area contributed by atoms with E-state index in [0.29, 0.717) is 40.7 Å². The number of methoxy groups -OCH3 is 2. The Balaban J connectivity index is 1.35. The van der Waals surface area contributed by atoms with Gasteiger partial charge in [0.05, 0.1) is 38.7 Å². The summed E-state index contributed by atoms with van der Waals surface area (Å²) in [4.78, 5) is 37.2. The van der Waals surface area contributed by atoms with Crippen LogP contribution < -0.4 is 35.0 Å². The molecule has 13 heteroatoms. The van der Waals surface area contributed by atoms with Gasteiger partial charge in [-0.05, 0) is 73.0 Å². The van der Waals surface area contributed by atoms with Crippen molar-refractivity contribution in [3.8, 4) is 23.0 Å². The molecule has 0 unspecified atom stereocenters. The van der Waals surface area contributed by atoms with E-state index < -0.39 is 23.9 Å². The zero-order valence-corrected chi connectivity index (χ0v) is 26.7. The number of hydrazone groups is 1. The fourth-order valence-electron chi connectivity index (χ4n) is 4.39. The average molecular weight is 682 g/mol. The number of amides is 3. The number of carbonyl (C=O) groups excluding carboxylic acids is 3. The molecule has 0 saturated heterocycles. The number of nitrogens with zero attached hydrogens (tertiary/aromatic N) is 1. The number of halogens is 1. The molecule has 45 heavy (non-hydrogen) atoms. The van der Waals surface area contributed by atoms with E-state index in [2.05, 4.69) is 37.1 Å². The van der Waals surface area contributed by atoms with Crippen LogP contribution in [0.5, 0.6) is 23.0 Å². The lowest BCUT2D eigenvalue weighted by Crippen LogP contribution is -2.45. The van der Waals surface area contributed by atoms with Crippen molar-refractivity contribution in [2.24, 2.45) is 5.10 Å². The molecule has 0 saturated carbocycles. The van der Waals surface area contributed by atoms with Gasteiger partial charge in [-0.3, -0.25) is 4.79 Å². The van der Waals surface area contributed by atoms with Crippen molar-refractivity contribution in [2.45, 2.75) is 26.5 Å². The highest BCUT2D eigenvalue weighted by atomic mass is 79.9. The summed E-state index contributed by atoms with van der Waals surface area (Å²) >= 11 is 3.42. The largest absolute Gasteiger partial charge is 0.493 e. The lowest BCUT2D eigenvalue weighted by Gasteiger charge is -2.28. The molecule has 1 aliphatic rings. The number of ether oxygens (including phenoxy) is 5. The summed E-state index contributed by atoms with van der Waals surface area (Å²) in [6.07, 6.45) is 1.47. The van der Waals surface area contributed by atoms with Crippen LogP contribution in [0.2, 0.25) is 0 Å². The maximum atomic E-state index is 12.6. The third-order valence-corrected chi connectivity index (χ3v) is 7.07. The molecule has 0 fully saturated rings. The standard InChI is InChI=1S/C32H33BrN4O8/c1-5-43-31(39)29-19(2)35-32(40)36-30(29)22-9-13-25(27(15-22)42-4)45-18-28(38)37-34-16-21-8-12-24(26(14-21)41-3)44-17-20-6-10-23(33)11-7-20/h6-16,30H,5,17-18H2,1-4H3,(H,37,38)(H2,35,36,40)/b34-16-/t30-/m1/s1. The van der Waals surface area contributed by atoms with Crippen LogP contribution in [-0.4, -0.2) is 51.6 Å². The van der Waals surface area contributed by atoms with Gasteiger partial charge in [0, 0.05) is 10.2 Å². The topological polar surface area (TPSA) is 146 Å². The van der Waals surface area contributed by atoms with Crippen LogP contribution in [0.1, 0.15) is 36.6 Å². The summed E-state index contributed by atoms with van der Waals surface area (Å²) in [7, 11) is 2.98. The maximum Gasteiger partial charge on any atom is 0.338 e. The average Bonchev–Trinajstić information content (AvgIpc) is 3.03. The Morgan fingerprint density at radius 2 is 1.64 bits per heavy atom. The molecule has 4 rings (SSSR count). The molecule has 1 aliphatic heterocycles. The van der Waals surface area contributed by atoms with Gasteiger partial charge in [-0.25, -0.2) is 15.0 Å². The number of hydrogen-bond donors (Lipinski definition) is 3. The molecule has 0 aliphatic carbocycles. The first kappa shape index (κ1) is 32.9. The van der Waals surface area contributed by atoms with Crippen molar-refractivity contribution in [3.63, 3.8) is 0 Å². The lowest BCUT2D eigenvalue weighted by atomic mass is 9.95. The molecule has 0 radical (unpaired) electrons. The van der Waals surface area contributed by atoms with Crippen molar-refractivity contribution < 1.29 is 38.1 Å². The number of nitrogens with one attached hydrogen (secondary N) is 3. The zero-order chi connectivity index (χ0) is 32.3. The fourth-order valence-corrected chi connectivity index (χ4v) is 4.65. The van der Waals surface area contributed by atoms with Crippen molar-refractivity contribution in [3.05, 3.63) is 93.1 Å². The van der Waals surface area contributed by atoms with E-state index in [0.717, 1.165) is 10.0 Å². The Hall–Kier alpha value is -5.04. The Morgan fingerprint density at radius 1 is 0.956 bits per heavy atom. The molecule has 0 bridgehead atoms. The molecular weight excluding hydrogens is 648 g/mol. The third-order valence-electron chi connectivity index (χ3n) is 6.54. The molecule has 3 aromatic carbocycles. The van der Waals surface area contributed by atoms with Crippen LogP contribution >= 0.6 is 15.9 Å². The number of hydrogen-bond acceptors (Lipinski definition) is 9. The molecular formula is C32H33BrN4O8. The normalized spacial score (nSPS) is 14.3. The van der Waals surface area contributed by atoms with Gasteiger partial charge in [0.2, 0.25) is 0 Å². The first-order chi connectivity index (χ1) is 21.7. The second-order valence-electron chi connectivity index (χ2n) is 9.61. The second kappa shape index (κ2) is 15.6. The highest BCUT2D eigenvalue weighted by molar-refractivity contribution is 9.10. The van der Waals surface area contributed by atoms with Gasteiger partial charge in [0.25, 0.3) is 5.91 Å². The van der Waals surface area contributed by atoms with E-state index in [-0.39, 0.29) is 24.5 Å². The van der Waals surface area contributed by atoms with E-state index >= 15 is 0 Å². The second-order valence-corrected chi connectivity index (χ2v) is 10.5. The highest BCUT2D eigenvalue weighted by Gasteiger charge is 2.32. The Morgan fingerprint density at radius 3 is 2.36 bits per heavy atom. The summed E-state index contributed by atoms with van der Waals surface area (Å²) in [5.74, 6) is 0.608. The molecule has 1 atom stereocenters.